The average molecular weight is 372 g/mol. The zero-order valence-electron chi connectivity index (χ0n) is 13.2. The van der Waals surface area contributed by atoms with E-state index in [0.29, 0.717) is 6.54 Å². The van der Waals surface area contributed by atoms with Crippen LogP contribution >= 0.6 is 11.3 Å². The molecule has 24 heavy (non-hydrogen) atoms. The summed E-state index contributed by atoms with van der Waals surface area (Å²) in [6, 6.07) is 4.58. The minimum Gasteiger partial charge on any atom is -0.248 e. The molecular weight excluding hydrogens is 354 g/mol. The highest BCUT2D eigenvalue weighted by Gasteiger charge is 2.35. The molecule has 4 nitrogen and oxygen atoms in total. The molecule has 1 fully saturated rings. The summed E-state index contributed by atoms with van der Waals surface area (Å²) >= 11 is 1.50. The van der Waals surface area contributed by atoms with Gasteiger partial charge in [0.05, 0.1) is 10.9 Å². The van der Waals surface area contributed by atoms with Crippen molar-refractivity contribution in [1.29, 1.82) is 0 Å². The molecule has 1 atom stereocenters. The van der Waals surface area contributed by atoms with Crippen LogP contribution in [0.1, 0.15) is 47.2 Å². The van der Waals surface area contributed by atoms with E-state index in [9.17, 15) is 17.2 Å². The van der Waals surface area contributed by atoms with E-state index in [2.05, 4.69) is 4.98 Å². The first-order valence-electron chi connectivity index (χ1n) is 7.72. The summed E-state index contributed by atoms with van der Waals surface area (Å²) in [5, 5.41) is 0.792. The number of halogens is 2. The highest BCUT2D eigenvalue weighted by atomic mass is 32.2. The molecule has 0 N–H and O–H groups in total. The van der Waals surface area contributed by atoms with Crippen LogP contribution in [0.25, 0.3) is 0 Å². The predicted molar refractivity (Wildman–Crippen MR) is 88.7 cm³/mol. The Kier molecular flexibility index (Phi) is 4.98. The molecule has 1 aliphatic heterocycles. The summed E-state index contributed by atoms with van der Waals surface area (Å²) in [4.78, 5) is 5.43. The number of benzene rings is 1. The van der Waals surface area contributed by atoms with Gasteiger partial charge < -0.3 is 0 Å². The summed E-state index contributed by atoms with van der Waals surface area (Å²) < 4.78 is 52.8. The van der Waals surface area contributed by atoms with Gasteiger partial charge >= 0.3 is 0 Å². The molecule has 1 aromatic carbocycles. The van der Waals surface area contributed by atoms with Crippen LogP contribution in [0, 0.1) is 6.92 Å². The lowest BCUT2D eigenvalue weighted by molar-refractivity contribution is 0.151. The third-order valence-corrected chi connectivity index (χ3v) is 7.05. The van der Waals surface area contributed by atoms with E-state index in [1.807, 2.05) is 6.92 Å². The van der Waals surface area contributed by atoms with Crippen molar-refractivity contribution in [2.75, 3.05) is 6.54 Å². The highest BCUT2D eigenvalue weighted by molar-refractivity contribution is 7.89. The number of sulfonamides is 1. The minimum absolute atomic E-state index is 0.0482. The zero-order chi connectivity index (χ0) is 17.3. The van der Waals surface area contributed by atoms with Crippen molar-refractivity contribution in [3.63, 3.8) is 0 Å². The Morgan fingerprint density at radius 3 is 2.54 bits per heavy atom. The average Bonchev–Trinajstić information content (AvgIpc) is 3.01. The Balaban J connectivity index is 1.94. The second kappa shape index (κ2) is 6.85. The van der Waals surface area contributed by atoms with Crippen LogP contribution < -0.4 is 0 Å². The van der Waals surface area contributed by atoms with Crippen LogP contribution in [0.15, 0.2) is 35.4 Å². The lowest BCUT2D eigenvalue weighted by Gasteiger charge is -2.33. The van der Waals surface area contributed by atoms with Gasteiger partial charge in [0.15, 0.2) is 0 Å². The van der Waals surface area contributed by atoms with E-state index >= 15 is 0 Å². The Morgan fingerprint density at radius 1 is 1.25 bits per heavy atom. The number of thiazole rings is 1. The number of hydrogen-bond donors (Lipinski definition) is 0. The summed E-state index contributed by atoms with van der Waals surface area (Å²) in [6.07, 6.45) is 1.59. The van der Waals surface area contributed by atoms with Crippen molar-refractivity contribution >= 4 is 21.4 Å². The number of aromatic nitrogens is 1. The molecule has 2 aromatic rings. The van der Waals surface area contributed by atoms with Gasteiger partial charge in [-0.1, -0.05) is 18.6 Å². The molecule has 0 saturated carbocycles. The molecule has 0 spiro atoms. The number of hydrogen-bond acceptors (Lipinski definition) is 4. The molecule has 0 bridgehead atoms. The van der Waals surface area contributed by atoms with Gasteiger partial charge in [0.1, 0.15) is 5.01 Å². The summed E-state index contributed by atoms with van der Waals surface area (Å²) in [5.74, 6) is 0. The molecule has 8 heteroatoms. The van der Waals surface area contributed by atoms with Crippen molar-refractivity contribution in [3.05, 3.63) is 45.9 Å². The van der Waals surface area contributed by atoms with Crippen LogP contribution in [-0.2, 0) is 10.0 Å². The van der Waals surface area contributed by atoms with Crippen molar-refractivity contribution in [2.45, 2.75) is 43.5 Å². The van der Waals surface area contributed by atoms with Crippen molar-refractivity contribution < 1.29 is 17.2 Å². The van der Waals surface area contributed by atoms with E-state index < -0.39 is 16.4 Å². The van der Waals surface area contributed by atoms with E-state index in [1.165, 1.54) is 39.9 Å². The van der Waals surface area contributed by atoms with E-state index in [4.69, 9.17) is 0 Å². The SMILES string of the molecule is Cc1cnc([C@@H]2CCCCN2S(=O)(=O)c2ccc(C(F)F)cc2)s1. The molecular formula is C16H18F2N2O2S2. The first-order valence-corrected chi connectivity index (χ1v) is 9.97. The van der Waals surface area contributed by atoms with Crippen LogP contribution in [0.3, 0.4) is 0 Å². The lowest BCUT2D eigenvalue weighted by atomic mass is 10.1. The highest BCUT2D eigenvalue weighted by Crippen LogP contribution is 2.37. The van der Waals surface area contributed by atoms with Crippen LogP contribution in [-0.4, -0.2) is 24.3 Å². The van der Waals surface area contributed by atoms with Crippen LogP contribution in [0.4, 0.5) is 8.78 Å². The monoisotopic (exact) mass is 372 g/mol. The van der Waals surface area contributed by atoms with Crippen molar-refractivity contribution in [3.8, 4) is 0 Å². The summed E-state index contributed by atoms with van der Waals surface area (Å²) in [7, 11) is -3.74. The first-order chi connectivity index (χ1) is 11.4. The number of alkyl halides is 2. The fourth-order valence-corrected chi connectivity index (χ4v) is 5.54. The van der Waals surface area contributed by atoms with Gasteiger partial charge in [-0.3, -0.25) is 0 Å². The molecule has 0 amide bonds. The van der Waals surface area contributed by atoms with Gasteiger partial charge in [0, 0.05) is 23.2 Å². The lowest BCUT2D eigenvalue weighted by Crippen LogP contribution is -2.38. The smallest absolute Gasteiger partial charge is 0.248 e. The molecule has 1 aromatic heterocycles. The second-order valence-corrected chi connectivity index (χ2v) is 8.96. The third kappa shape index (κ3) is 3.36. The summed E-state index contributed by atoms with van der Waals surface area (Å²) in [5.41, 5.74) is -0.181. The third-order valence-electron chi connectivity index (χ3n) is 4.12. The number of piperidine rings is 1. The topological polar surface area (TPSA) is 50.3 Å². The Hall–Kier alpha value is -1.38. The molecule has 0 radical (unpaired) electrons. The second-order valence-electron chi connectivity index (χ2n) is 5.81. The van der Waals surface area contributed by atoms with Crippen LogP contribution in [0.2, 0.25) is 0 Å². The predicted octanol–water partition coefficient (Wildman–Crippen LogP) is 4.31. The van der Waals surface area contributed by atoms with Gasteiger partial charge in [0.25, 0.3) is 6.43 Å². The standard InChI is InChI=1S/C16H18F2N2O2S2/c1-11-10-19-16(23-11)14-4-2-3-9-20(14)24(21,22)13-7-5-12(6-8-13)15(17)18/h5-8,10,14-15H,2-4,9H2,1H3/t14-/m0/s1. The molecule has 1 aliphatic rings. The molecule has 3 rings (SSSR count). The van der Waals surface area contributed by atoms with Crippen LogP contribution in [0.5, 0.6) is 0 Å². The van der Waals surface area contributed by atoms with Gasteiger partial charge in [-0.15, -0.1) is 11.3 Å². The van der Waals surface area contributed by atoms with E-state index in [0.717, 1.165) is 29.1 Å². The maximum absolute atomic E-state index is 13.0. The Bertz CT molecular complexity index is 804. The zero-order valence-corrected chi connectivity index (χ0v) is 14.8. The Labute approximate surface area is 144 Å². The maximum atomic E-state index is 13.0. The Morgan fingerprint density at radius 2 is 1.96 bits per heavy atom. The van der Waals surface area contributed by atoms with Gasteiger partial charge in [-0.05, 0) is 31.9 Å². The number of nitrogens with zero attached hydrogens (tertiary/aromatic N) is 2. The number of rotatable bonds is 4. The minimum atomic E-state index is -3.74. The van der Waals surface area contributed by atoms with Crippen molar-refractivity contribution in [2.24, 2.45) is 0 Å². The van der Waals surface area contributed by atoms with E-state index in [1.54, 1.807) is 6.20 Å². The fraction of sp³-hybridized carbons (Fsp3) is 0.438. The largest absolute Gasteiger partial charge is 0.263 e. The van der Waals surface area contributed by atoms with Gasteiger partial charge in [-0.25, -0.2) is 22.2 Å². The summed E-state index contributed by atoms with van der Waals surface area (Å²) in [6.45, 7) is 2.36. The number of aryl methyl sites for hydroxylation is 1. The normalized spacial score (nSPS) is 19.8. The first kappa shape index (κ1) is 17.4. The fourth-order valence-electron chi connectivity index (χ4n) is 2.89. The van der Waals surface area contributed by atoms with E-state index in [-0.39, 0.29) is 16.5 Å². The maximum Gasteiger partial charge on any atom is 0.263 e. The molecule has 130 valence electrons. The van der Waals surface area contributed by atoms with Gasteiger partial charge in [-0.2, -0.15) is 4.31 Å². The molecule has 0 aliphatic carbocycles. The van der Waals surface area contributed by atoms with Gasteiger partial charge in [0.2, 0.25) is 10.0 Å². The quantitative estimate of drug-likeness (QED) is 0.804. The molecule has 2 heterocycles. The van der Waals surface area contributed by atoms with Crippen molar-refractivity contribution in [1.82, 2.24) is 9.29 Å². The molecule has 1 saturated heterocycles. The molecule has 0 unspecified atom stereocenters.